The largest absolute Gasteiger partial charge is 0.497 e. The van der Waals surface area contributed by atoms with Crippen molar-refractivity contribution in [3.8, 4) is 5.75 Å². The van der Waals surface area contributed by atoms with Crippen molar-refractivity contribution in [2.45, 2.75) is 52.2 Å². The molecule has 0 aliphatic heterocycles. The average Bonchev–Trinajstić information content (AvgIpc) is 2.77. The molecular formula is C25H34O3Si. The highest BCUT2D eigenvalue weighted by Gasteiger charge is 2.28. The molecule has 0 aliphatic carbocycles. The van der Waals surface area contributed by atoms with Crippen LogP contribution in [0, 0.1) is 6.92 Å². The third-order valence-corrected chi connectivity index (χ3v) is 10.5. The zero-order valence-electron chi connectivity index (χ0n) is 18.5. The van der Waals surface area contributed by atoms with Gasteiger partial charge in [0.15, 0.2) is 14.1 Å². The smallest absolute Gasteiger partial charge is 0.191 e. The standard InChI is InChI=1S/C25H34O3Si/c1-6-29(7-2,8-3)28-18-17-23(19-21-11-9-20(4)10-12-21)25(26)22-13-15-24(27-5)16-14-22/h9-16,19H,6-8,17-18H2,1-5H3/b23-19+. The van der Waals surface area contributed by atoms with Gasteiger partial charge < -0.3 is 9.16 Å². The molecule has 3 nitrogen and oxygen atoms in total. The lowest BCUT2D eigenvalue weighted by atomic mass is 9.98. The summed E-state index contributed by atoms with van der Waals surface area (Å²) in [6.45, 7) is 9.34. The summed E-state index contributed by atoms with van der Waals surface area (Å²) in [4.78, 5) is 13.2. The summed E-state index contributed by atoms with van der Waals surface area (Å²) in [6, 6.07) is 18.9. The Bertz CT molecular complexity index is 795. The maximum absolute atomic E-state index is 13.2. The normalized spacial score (nSPS) is 12.1. The van der Waals surface area contributed by atoms with Gasteiger partial charge in [0.25, 0.3) is 0 Å². The molecule has 2 rings (SSSR count). The van der Waals surface area contributed by atoms with E-state index in [-0.39, 0.29) is 5.78 Å². The van der Waals surface area contributed by atoms with E-state index in [1.165, 1.54) is 5.56 Å². The topological polar surface area (TPSA) is 35.5 Å². The van der Waals surface area contributed by atoms with Gasteiger partial charge in [-0.05, 0) is 67.4 Å². The highest BCUT2D eigenvalue weighted by molar-refractivity contribution is 6.73. The fourth-order valence-electron chi connectivity index (χ4n) is 3.48. The molecule has 4 heteroatoms. The molecule has 0 bridgehead atoms. The first-order chi connectivity index (χ1) is 14.0. The number of ether oxygens (including phenoxy) is 1. The van der Waals surface area contributed by atoms with Crippen LogP contribution in [0.1, 0.15) is 48.7 Å². The minimum absolute atomic E-state index is 0.0496. The van der Waals surface area contributed by atoms with E-state index >= 15 is 0 Å². The number of rotatable bonds is 11. The van der Waals surface area contributed by atoms with Gasteiger partial charge in [-0.1, -0.05) is 50.6 Å². The van der Waals surface area contributed by atoms with E-state index in [1.54, 1.807) is 7.11 Å². The number of hydrogen-bond donors (Lipinski definition) is 0. The molecule has 0 amide bonds. The van der Waals surface area contributed by atoms with Gasteiger partial charge in [0.2, 0.25) is 0 Å². The number of methoxy groups -OCH3 is 1. The van der Waals surface area contributed by atoms with Gasteiger partial charge in [-0.15, -0.1) is 0 Å². The van der Waals surface area contributed by atoms with Gasteiger partial charge in [-0.2, -0.15) is 0 Å². The highest BCUT2D eigenvalue weighted by atomic mass is 28.4. The zero-order chi connectivity index (χ0) is 21.3. The molecule has 0 spiro atoms. The van der Waals surface area contributed by atoms with Gasteiger partial charge in [-0.3, -0.25) is 4.79 Å². The number of carbonyl (C=O) groups is 1. The Morgan fingerprint density at radius 1 is 0.931 bits per heavy atom. The fraction of sp³-hybridized carbons (Fsp3) is 0.400. The third kappa shape index (κ3) is 6.41. The van der Waals surface area contributed by atoms with Crippen molar-refractivity contribution in [3.63, 3.8) is 0 Å². The Labute approximate surface area is 176 Å². The van der Waals surface area contributed by atoms with Crippen molar-refractivity contribution in [1.82, 2.24) is 0 Å². The molecule has 0 unspecified atom stereocenters. The SMILES string of the molecule is CC[Si](CC)(CC)OCC/C(=C\c1ccc(C)cc1)C(=O)c1ccc(OC)cc1. The number of ketones is 1. The van der Waals surface area contributed by atoms with E-state index in [4.69, 9.17) is 9.16 Å². The van der Waals surface area contributed by atoms with Crippen LogP contribution in [0.3, 0.4) is 0 Å². The van der Waals surface area contributed by atoms with Gasteiger partial charge >= 0.3 is 0 Å². The number of Topliss-reactive ketones (excluding diaryl/α,β-unsaturated/α-hetero) is 1. The minimum atomic E-state index is -1.67. The van der Waals surface area contributed by atoms with Crippen LogP contribution in [0.5, 0.6) is 5.75 Å². The van der Waals surface area contributed by atoms with E-state index in [9.17, 15) is 4.79 Å². The predicted molar refractivity (Wildman–Crippen MR) is 124 cm³/mol. The van der Waals surface area contributed by atoms with E-state index in [0.29, 0.717) is 18.6 Å². The van der Waals surface area contributed by atoms with Crippen molar-refractivity contribution >= 4 is 20.2 Å². The van der Waals surface area contributed by atoms with Crippen LogP contribution in [-0.2, 0) is 4.43 Å². The van der Waals surface area contributed by atoms with Crippen molar-refractivity contribution in [1.29, 1.82) is 0 Å². The first kappa shape index (κ1) is 23.1. The lowest BCUT2D eigenvalue weighted by Crippen LogP contribution is -2.36. The first-order valence-electron chi connectivity index (χ1n) is 10.6. The molecule has 0 radical (unpaired) electrons. The summed E-state index contributed by atoms with van der Waals surface area (Å²) in [5.41, 5.74) is 3.70. The number of hydrogen-bond acceptors (Lipinski definition) is 3. The second-order valence-corrected chi connectivity index (χ2v) is 12.3. The Morgan fingerprint density at radius 2 is 1.52 bits per heavy atom. The van der Waals surface area contributed by atoms with Crippen molar-refractivity contribution in [2.24, 2.45) is 0 Å². The molecule has 2 aromatic rings. The molecular weight excluding hydrogens is 376 g/mol. The molecule has 0 aliphatic rings. The Morgan fingerprint density at radius 3 is 2.03 bits per heavy atom. The second kappa shape index (κ2) is 11.1. The summed E-state index contributed by atoms with van der Waals surface area (Å²) >= 11 is 0. The highest BCUT2D eigenvalue weighted by Crippen LogP contribution is 2.24. The Balaban J connectivity index is 2.25. The predicted octanol–water partition coefficient (Wildman–Crippen LogP) is 6.68. The summed E-state index contributed by atoms with van der Waals surface area (Å²) in [5, 5.41) is 0. The number of aryl methyl sites for hydroxylation is 1. The van der Waals surface area contributed by atoms with Gasteiger partial charge in [0.05, 0.1) is 7.11 Å². The average molecular weight is 411 g/mol. The molecule has 0 fully saturated rings. The summed E-state index contributed by atoms with van der Waals surface area (Å²) in [7, 11) is -0.0380. The van der Waals surface area contributed by atoms with Crippen LogP contribution < -0.4 is 4.74 Å². The van der Waals surface area contributed by atoms with E-state index in [1.807, 2.05) is 30.3 Å². The molecule has 0 N–H and O–H groups in total. The molecule has 0 atom stereocenters. The van der Waals surface area contributed by atoms with Gasteiger partial charge in [0, 0.05) is 17.7 Å². The fourth-order valence-corrected chi connectivity index (χ4v) is 6.12. The molecule has 0 aromatic heterocycles. The van der Waals surface area contributed by atoms with Crippen molar-refractivity contribution < 1.29 is 14.0 Å². The molecule has 0 saturated heterocycles. The maximum Gasteiger partial charge on any atom is 0.191 e. The number of carbonyl (C=O) groups excluding carboxylic acids is 1. The summed E-state index contributed by atoms with van der Waals surface area (Å²) < 4.78 is 11.6. The van der Waals surface area contributed by atoms with Gasteiger partial charge in [0.1, 0.15) is 5.75 Å². The number of benzene rings is 2. The van der Waals surface area contributed by atoms with Crippen LogP contribution >= 0.6 is 0 Å². The summed E-state index contributed by atoms with van der Waals surface area (Å²) in [6.07, 6.45) is 2.62. The molecule has 2 aromatic carbocycles. The summed E-state index contributed by atoms with van der Waals surface area (Å²) in [5.74, 6) is 0.798. The van der Waals surface area contributed by atoms with Crippen molar-refractivity contribution in [2.75, 3.05) is 13.7 Å². The quantitative estimate of drug-likeness (QED) is 0.235. The van der Waals surface area contributed by atoms with Gasteiger partial charge in [-0.25, -0.2) is 0 Å². The van der Waals surface area contributed by atoms with Crippen LogP contribution in [-0.4, -0.2) is 27.8 Å². The van der Waals surface area contributed by atoms with Crippen LogP contribution in [0.25, 0.3) is 6.08 Å². The van der Waals surface area contributed by atoms with Crippen LogP contribution in [0.15, 0.2) is 54.1 Å². The second-order valence-electron chi connectivity index (χ2n) is 7.48. The molecule has 0 saturated carbocycles. The lowest BCUT2D eigenvalue weighted by Gasteiger charge is -2.28. The molecule has 29 heavy (non-hydrogen) atoms. The zero-order valence-corrected chi connectivity index (χ0v) is 19.5. The maximum atomic E-state index is 13.2. The first-order valence-corrected chi connectivity index (χ1v) is 13.1. The molecule has 0 heterocycles. The van der Waals surface area contributed by atoms with E-state index in [0.717, 1.165) is 35.0 Å². The van der Waals surface area contributed by atoms with E-state index < -0.39 is 8.32 Å². The minimum Gasteiger partial charge on any atom is -0.497 e. The monoisotopic (exact) mass is 410 g/mol. The van der Waals surface area contributed by atoms with Crippen LogP contribution in [0.4, 0.5) is 0 Å². The van der Waals surface area contributed by atoms with Crippen LogP contribution in [0.2, 0.25) is 18.1 Å². The van der Waals surface area contributed by atoms with E-state index in [2.05, 4.69) is 52.0 Å². The molecule has 156 valence electrons. The lowest BCUT2D eigenvalue weighted by molar-refractivity contribution is 0.102. The Hall–Kier alpha value is -2.17. The third-order valence-electron chi connectivity index (χ3n) is 5.77. The Kier molecular flexibility index (Phi) is 8.87. The van der Waals surface area contributed by atoms with Crippen molar-refractivity contribution in [3.05, 3.63) is 70.8 Å².